The topological polar surface area (TPSA) is 232 Å². The van der Waals surface area contributed by atoms with Crippen molar-refractivity contribution in [1.29, 1.82) is 0 Å². The Balaban J connectivity index is 1.85. The number of nitrogens with zero attached hydrogens (tertiary/aromatic N) is 3. The molecule has 1 fully saturated rings. The standard InChI is InChI=1S/C13H21N5O10P2/c1-26-2-6-7(3-27-30(24,25)5-29(21,22)23)28-12(9(6)19)18-4-15-8-10(18)16-13(14)17-11(8)20/h4,6-7,9,12,19H,2-3,5H2,1H3,(H,24,25)(H2,21,22,23)(H3,14,16,17,20)/t6-,7-,9-,12-/m1/s1. The number of aliphatic hydroxyl groups is 1. The Labute approximate surface area is 168 Å². The SMILES string of the molecule is COC[C@H]1[C@@H](O)[C@H](n2cnc3c(=O)[nH]c(N)nc32)O[C@@H]1COP(=O)(O)CP(=O)(O)O. The zero-order chi connectivity index (χ0) is 22.3. The van der Waals surface area contributed by atoms with E-state index in [1.165, 1.54) is 18.0 Å². The molecule has 0 aromatic carbocycles. The first-order valence-electron chi connectivity index (χ1n) is 8.47. The molecule has 1 aliphatic rings. The van der Waals surface area contributed by atoms with Gasteiger partial charge in [0.1, 0.15) is 6.10 Å². The van der Waals surface area contributed by atoms with E-state index in [0.29, 0.717) is 0 Å². The lowest BCUT2D eigenvalue weighted by atomic mass is 9.99. The molecule has 7 N–H and O–H groups in total. The highest BCUT2D eigenvalue weighted by molar-refractivity contribution is 7.70. The van der Waals surface area contributed by atoms with Gasteiger partial charge in [-0.2, -0.15) is 4.98 Å². The van der Waals surface area contributed by atoms with E-state index in [2.05, 4.69) is 15.0 Å². The van der Waals surface area contributed by atoms with Gasteiger partial charge < -0.3 is 39.5 Å². The summed E-state index contributed by atoms with van der Waals surface area (Å²) in [7, 11) is -8.05. The van der Waals surface area contributed by atoms with Gasteiger partial charge in [0.2, 0.25) is 5.95 Å². The number of H-pyrrole nitrogens is 1. The van der Waals surface area contributed by atoms with Gasteiger partial charge in [-0.05, 0) is 0 Å². The summed E-state index contributed by atoms with van der Waals surface area (Å²) in [6.45, 7) is -0.582. The molecule has 0 amide bonds. The predicted octanol–water partition coefficient (Wildman–Crippen LogP) is -1.44. The number of aromatic amines is 1. The van der Waals surface area contributed by atoms with Gasteiger partial charge in [0, 0.05) is 13.0 Å². The molecule has 2 aromatic rings. The van der Waals surface area contributed by atoms with Crippen molar-refractivity contribution in [2.75, 3.05) is 32.0 Å². The van der Waals surface area contributed by atoms with Crippen LogP contribution in [0.25, 0.3) is 11.2 Å². The lowest BCUT2D eigenvalue weighted by Gasteiger charge is -2.20. The second-order valence-corrected chi connectivity index (χ2v) is 10.7. The number of anilines is 1. The fraction of sp³-hybridized carbons (Fsp3) is 0.615. The number of nitrogen functional groups attached to an aromatic ring is 1. The Kier molecular flexibility index (Phi) is 6.49. The molecule has 0 radical (unpaired) electrons. The van der Waals surface area contributed by atoms with Gasteiger partial charge in [0.25, 0.3) is 5.56 Å². The van der Waals surface area contributed by atoms with Gasteiger partial charge in [-0.15, -0.1) is 0 Å². The van der Waals surface area contributed by atoms with Crippen molar-refractivity contribution in [2.45, 2.75) is 18.4 Å². The molecule has 3 heterocycles. The molecule has 15 nitrogen and oxygen atoms in total. The van der Waals surface area contributed by atoms with E-state index in [9.17, 15) is 23.9 Å². The molecule has 168 valence electrons. The van der Waals surface area contributed by atoms with Crippen LogP contribution < -0.4 is 11.3 Å². The Bertz CT molecular complexity index is 1070. The summed E-state index contributed by atoms with van der Waals surface area (Å²) in [5.74, 6) is -2.27. The van der Waals surface area contributed by atoms with E-state index < -0.39 is 57.6 Å². The minimum Gasteiger partial charge on any atom is -0.388 e. The third kappa shape index (κ3) is 4.97. The number of nitrogens with two attached hydrogens (primary N) is 1. The zero-order valence-electron chi connectivity index (χ0n) is 15.6. The van der Waals surface area contributed by atoms with Crippen molar-refractivity contribution in [1.82, 2.24) is 19.5 Å². The molecule has 0 saturated carbocycles. The van der Waals surface area contributed by atoms with Gasteiger partial charge >= 0.3 is 15.2 Å². The predicted molar refractivity (Wildman–Crippen MR) is 101 cm³/mol. The number of rotatable bonds is 8. The lowest BCUT2D eigenvalue weighted by molar-refractivity contribution is -0.0474. The fourth-order valence-corrected chi connectivity index (χ4v) is 5.75. The van der Waals surface area contributed by atoms with E-state index in [1.54, 1.807) is 0 Å². The summed E-state index contributed by atoms with van der Waals surface area (Å²) >= 11 is 0. The van der Waals surface area contributed by atoms with Crippen LogP contribution in [0, 0.1) is 5.92 Å². The Morgan fingerprint density at radius 2 is 2.03 bits per heavy atom. The maximum Gasteiger partial charge on any atom is 0.340 e. The highest BCUT2D eigenvalue weighted by atomic mass is 31.2. The van der Waals surface area contributed by atoms with Crippen LogP contribution in [0.4, 0.5) is 5.95 Å². The molecule has 3 rings (SSSR count). The number of nitrogens with one attached hydrogen (secondary N) is 1. The normalized spacial score (nSPS) is 26.8. The van der Waals surface area contributed by atoms with Crippen LogP contribution in [0.15, 0.2) is 11.1 Å². The van der Waals surface area contributed by atoms with Crippen molar-refractivity contribution in [3.05, 3.63) is 16.7 Å². The lowest BCUT2D eigenvalue weighted by Crippen LogP contribution is -2.32. The number of fused-ring (bicyclic) bond motifs is 1. The Morgan fingerprint density at radius 3 is 2.67 bits per heavy atom. The fourth-order valence-electron chi connectivity index (χ4n) is 3.18. The minimum absolute atomic E-state index is 0.0251. The van der Waals surface area contributed by atoms with E-state index in [4.69, 9.17) is 29.5 Å². The molecule has 5 atom stereocenters. The summed E-state index contributed by atoms with van der Waals surface area (Å²) in [6.07, 6.45) is -2.10. The highest BCUT2D eigenvalue weighted by Crippen LogP contribution is 2.55. The van der Waals surface area contributed by atoms with Gasteiger partial charge in [0.15, 0.2) is 23.3 Å². The summed E-state index contributed by atoms with van der Waals surface area (Å²) in [5, 5.41) is 10.7. The maximum absolute atomic E-state index is 12.0. The van der Waals surface area contributed by atoms with Crippen molar-refractivity contribution in [2.24, 2.45) is 5.92 Å². The van der Waals surface area contributed by atoms with E-state index in [-0.39, 0.29) is 23.7 Å². The molecule has 30 heavy (non-hydrogen) atoms. The highest BCUT2D eigenvalue weighted by Gasteiger charge is 2.46. The molecule has 17 heteroatoms. The largest absolute Gasteiger partial charge is 0.388 e. The van der Waals surface area contributed by atoms with Crippen LogP contribution in [0.5, 0.6) is 0 Å². The minimum atomic E-state index is -4.80. The van der Waals surface area contributed by atoms with E-state index >= 15 is 0 Å². The summed E-state index contributed by atoms with van der Waals surface area (Å²) < 4.78 is 39.8. The molecule has 1 saturated heterocycles. The molecule has 0 bridgehead atoms. The smallest absolute Gasteiger partial charge is 0.340 e. The molecular weight excluding hydrogens is 448 g/mol. The maximum atomic E-state index is 12.0. The van der Waals surface area contributed by atoms with Gasteiger partial charge in [-0.3, -0.25) is 23.5 Å². The zero-order valence-corrected chi connectivity index (χ0v) is 17.3. The second-order valence-electron chi connectivity index (χ2n) is 6.69. The van der Waals surface area contributed by atoms with Crippen LogP contribution in [0.1, 0.15) is 6.23 Å². The van der Waals surface area contributed by atoms with E-state index in [0.717, 1.165) is 0 Å². The van der Waals surface area contributed by atoms with Crippen LogP contribution in [0.3, 0.4) is 0 Å². The first-order valence-corrected chi connectivity index (χ1v) is 12.0. The van der Waals surface area contributed by atoms with Crippen molar-refractivity contribution in [3.63, 3.8) is 0 Å². The second kappa shape index (κ2) is 8.46. The third-order valence-electron chi connectivity index (χ3n) is 4.41. The Morgan fingerprint density at radius 1 is 1.33 bits per heavy atom. The summed E-state index contributed by atoms with van der Waals surface area (Å²) in [6, 6.07) is 0. The average Bonchev–Trinajstić information content (AvgIpc) is 3.14. The molecular formula is C13H21N5O10P2. The molecule has 0 spiro atoms. The molecule has 0 aliphatic carbocycles. The van der Waals surface area contributed by atoms with Gasteiger partial charge in [0.05, 0.1) is 25.6 Å². The molecule has 1 unspecified atom stereocenters. The number of aliphatic hydroxyl groups excluding tert-OH is 1. The van der Waals surface area contributed by atoms with Crippen LogP contribution >= 0.6 is 15.2 Å². The van der Waals surface area contributed by atoms with Crippen molar-refractivity contribution >= 4 is 32.3 Å². The number of aromatic nitrogens is 4. The average molecular weight is 469 g/mol. The van der Waals surface area contributed by atoms with Gasteiger partial charge in [-0.1, -0.05) is 0 Å². The quantitative estimate of drug-likeness (QED) is 0.243. The third-order valence-corrected chi connectivity index (χ3v) is 7.87. The number of imidazole rings is 1. The number of hydrogen-bond donors (Lipinski definition) is 6. The van der Waals surface area contributed by atoms with Crippen LogP contribution in [0.2, 0.25) is 0 Å². The monoisotopic (exact) mass is 469 g/mol. The van der Waals surface area contributed by atoms with E-state index in [1.807, 2.05) is 0 Å². The van der Waals surface area contributed by atoms with Crippen LogP contribution in [-0.2, 0) is 23.1 Å². The van der Waals surface area contributed by atoms with Crippen molar-refractivity contribution < 1.29 is 42.9 Å². The summed E-state index contributed by atoms with van der Waals surface area (Å²) in [4.78, 5) is 49.6. The number of ether oxygens (including phenoxy) is 2. The molecule has 1 aliphatic heterocycles. The van der Waals surface area contributed by atoms with Gasteiger partial charge in [-0.25, -0.2) is 4.98 Å². The van der Waals surface area contributed by atoms with Crippen molar-refractivity contribution in [3.8, 4) is 0 Å². The Hall–Kier alpha value is -1.67. The first kappa shape index (κ1) is 23.0. The number of hydrogen-bond acceptors (Lipinski definition) is 10. The first-order chi connectivity index (χ1) is 13.9. The van der Waals surface area contributed by atoms with Crippen LogP contribution in [-0.4, -0.2) is 77.7 Å². The summed E-state index contributed by atoms with van der Waals surface area (Å²) in [5.41, 5.74) is 4.98. The molecule has 2 aromatic heterocycles. The number of methoxy groups -OCH3 is 1.